The van der Waals surface area contributed by atoms with Crippen molar-refractivity contribution in [3.63, 3.8) is 0 Å². The zero-order chi connectivity index (χ0) is 27.2. The molecule has 1 aromatic carbocycles. The van der Waals surface area contributed by atoms with Crippen LogP contribution in [0.15, 0.2) is 24.4 Å². The number of benzene rings is 1. The molecule has 1 saturated heterocycles. The number of carbonyl (C=O) groups excluding carboxylic acids is 1. The van der Waals surface area contributed by atoms with Crippen LogP contribution >= 0.6 is 0 Å². The van der Waals surface area contributed by atoms with Crippen molar-refractivity contribution >= 4 is 41.0 Å². The van der Waals surface area contributed by atoms with Gasteiger partial charge in [0, 0.05) is 17.5 Å². The molecule has 0 bridgehead atoms. The van der Waals surface area contributed by atoms with Crippen molar-refractivity contribution in [1.29, 1.82) is 0 Å². The van der Waals surface area contributed by atoms with Gasteiger partial charge in [0.15, 0.2) is 0 Å². The zero-order valence-electron chi connectivity index (χ0n) is 22.7. The number of hydrogen-bond acceptors (Lipinski definition) is 8. The van der Waals surface area contributed by atoms with Crippen LogP contribution in [0.5, 0.6) is 0 Å². The third kappa shape index (κ3) is 5.99. The number of fused-ring (bicyclic) bond motifs is 1. The summed E-state index contributed by atoms with van der Waals surface area (Å²) < 4.78 is 17.8. The Kier molecular flexibility index (Phi) is 7.15. The standard InChI is InChI=1S/C26H37BN4O6/c1-24(2,3)35-23(32)30-18-11-9-17(10-12-18)29-22-19-14-16(27-36-25(4,5)26(6,7)37-27)8-13-20(19)28-15-21(22)31(33)34/h8,13-15,17-18H,9-12H2,1-7H3,(H,28,29)(H,30,32)/t17-,18-. The van der Waals surface area contributed by atoms with E-state index in [1.54, 1.807) is 0 Å². The maximum absolute atomic E-state index is 12.1. The molecule has 10 nitrogen and oxygen atoms in total. The molecule has 37 heavy (non-hydrogen) atoms. The van der Waals surface area contributed by atoms with Gasteiger partial charge in [-0.1, -0.05) is 12.1 Å². The number of hydrogen-bond donors (Lipinski definition) is 2. The smallest absolute Gasteiger partial charge is 0.444 e. The number of rotatable bonds is 5. The van der Waals surface area contributed by atoms with Crippen LogP contribution in [0, 0.1) is 10.1 Å². The zero-order valence-corrected chi connectivity index (χ0v) is 22.7. The Morgan fingerprint density at radius 1 is 1.11 bits per heavy atom. The fourth-order valence-corrected chi connectivity index (χ4v) is 4.68. The Morgan fingerprint density at radius 2 is 1.70 bits per heavy atom. The monoisotopic (exact) mass is 512 g/mol. The van der Waals surface area contributed by atoms with E-state index in [0.717, 1.165) is 31.1 Å². The molecule has 1 aromatic heterocycles. The molecule has 1 amide bonds. The van der Waals surface area contributed by atoms with Gasteiger partial charge in [-0.2, -0.15) is 0 Å². The summed E-state index contributed by atoms with van der Waals surface area (Å²) in [6.07, 6.45) is 3.86. The van der Waals surface area contributed by atoms with Gasteiger partial charge in [0.05, 0.1) is 21.6 Å². The van der Waals surface area contributed by atoms with E-state index in [4.69, 9.17) is 14.0 Å². The number of amides is 1. The van der Waals surface area contributed by atoms with Crippen LogP contribution in [0.3, 0.4) is 0 Å². The van der Waals surface area contributed by atoms with Gasteiger partial charge in [-0.25, -0.2) is 9.78 Å². The Balaban J connectivity index is 1.54. The molecule has 1 aliphatic heterocycles. The molecule has 200 valence electrons. The fourth-order valence-electron chi connectivity index (χ4n) is 4.68. The number of anilines is 1. The second-order valence-electron chi connectivity index (χ2n) is 12.0. The van der Waals surface area contributed by atoms with Gasteiger partial charge in [-0.05, 0) is 85.7 Å². The highest BCUT2D eigenvalue weighted by Gasteiger charge is 2.51. The minimum atomic E-state index is -0.587. The Labute approximate surface area is 218 Å². The first-order valence-corrected chi connectivity index (χ1v) is 12.8. The summed E-state index contributed by atoms with van der Waals surface area (Å²) in [6, 6.07) is 5.62. The van der Waals surface area contributed by atoms with E-state index < -0.39 is 34.9 Å². The second-order valence-corrected chi connectivity index (χ2v) is 12.0. The molecule has 0 atom stereocenters. The predicted octanol–water partition coefficient (Wildman–Crippen LogP) is 4.69. The van der Waals surface area contributed by atoms with Crippen molar-refractivity contribution in [2.45, 2.75) is 103 Å². The molecular weight excluding hydrogens is 475 g/mol. The van der Waals surface area contributed by atoms with Crippen LogP contribution in [-0.2, 0) is 14.0 Å². The number of pyridine rings is 1. The largest absolute Gasteiger partial charge is 0.494 e. The summed E-state index contributed by atoms with van der Waals surface area (Å²) in [6.45, 7) is 13.4. The van der Waals surface area contributed by atoms with E-state index >= 15 is 0 Å². The van der Waals surface area contributed by atoms with E-state index in [1.807, 2.05) is 66.7 Å². The van der Waals surface area contributed by atoms with E-state index in [2.05, 4.69) is 15.6 Å². The average Bonchev–Trinajstić information content (AvgIpc) is 3.00. The van der Waals surface area contributed by atoms with Gasteiger partial charge in [0.2, 0.25) is 0 Å². The first kappa shape index (κ1) is 27.1. The average molecular weight is 512 g/mol. The van der Waals surface area contributed by atoms with Crippen molar-refractivity contribution in [1.82, 2.24) is 10.3 Å². The lowest BCUT2D eigenvalue weighted by molar-refractivity contribution is -0.384. The van der Waals surface area contributed by atoms with Crippen molar-refractivity contribution in [3.05, 3.63) is 34.5 Å². The Morgan fingerprint density at radius 3 is 2.27 bits per heavy atom. The summed E-state index contributed by atoms with van der Waals surface area (Å²) in [5, 5.41) is 18.9. The van der Waals surface area contributed by atoms with Crippen molar-refractivity contribution < 1.29 is 23.8 Å². The van der Waals surface area contributed by atoms with Crippen LogP contribution in [0.4, 0.5) is 16.2 Å². The molecule has 1 saturated carbocycles. The molecule has 2 N–H and O–H groups in total. The van der Waals surface area contributed by atoms with Gasteiger partial charge in [-0.15, -0.1) is 0 Å². The van der Waals surface area contributed by atoms with Gasteiger partial charge in [0.25, 0.3) is 0 Å². The summed E-state index contributed by atoms with van der Waals surface area (Å²) in [5.74, 6) is 0. The highest BCUT2D eigenvalue weighted by Crippen LogP contribution is 2.38. The van der Waals surface area contributed by atoms with Gasteiger partial charge in [-0.3, -0.25) is 10.1 Å². The summed E-state index contributed by atoms with van der Waals surface area (Å²) in [5.41, 5.74) is 0.240. The topological polar surface area (TPSA) is 125 Å². The highest BCUT2D eigenvalue weighted by atomic mass is 16.7. The third-order valence-corrected chi connectivity index (χ3v) is 7.39. The van der Waals surface area contributed by atoms with Gasteiger partial charge < -0.3 is 24.7 Å². The molecule has 2 fully saturated rings. The molecule has 0 radical (unpaired) electrons. The number of carbonyl (C=O) groups is 1. The molecule has 2 heterocycles. The number of nitrogens with zero attached hydrogens (tertiary/aromatic N) is 2. The quantitative estimate of drug-likeness (QED) is 0.336. The summed E-state index contributed by atoms with van der Waals surface area (Å²) >= 11 is 0. The molecule has 1 aliphatic carbocycles. The Hall–Kier alpha value is -2.92. The molecule has 0 unspecified atom stereocenters. The SMILES string of the molecule is CC(C)(C)OC(=O)N[C@H]1CC[C@H](Nc2c([N+](=O)[O-])cnc3ccc(B4OC(C)(C)C(C)(C)O4)cc23)CC1. The van der Waals surface area contributed by atoms with E-state index in [1.165, 1.54) is 6.20 Å². The van der Waals surface area contributed by atoms with Crippen molar-refractivity contribution in [3.8, 4) is 0 Å². The normalized spacial score (nSPS) is 23.1. The first-order valence-electron chi connectivity index (χ1n) is 12.8. The Bertz CT molecular complexity index is 1170. The van der Waals surface area contributed by atoms with Crippen LogP contribution < -0.4 is 16.1 Å². The molecule has 4 rings (SSSR count). The minimum absolute atomic E-state index is 0.00652. The van der Waals surface area contributed by atoms with Gasteiger partial charge >= 0.3 is 18.9 Å². The maximum Gasteiger partial charge on any atom is 0.494 e. The van der Waals surface area contributed by atoms with Crippen LogP contribution in [0.2, 0.25) is 0 Å². The van der Waals surface area contributed by atoms with Crippen molar-refractivity contribution in [2.75, 3.05) is 5.32 Å². The number of aromatic nitrogens is 1. The lowest BCUT2D eigenvalue weighted by Gasteiger charge is -2.32. The molecule has 0 spiro atoms. The third-order valence-electron chi connectivity index (χ3n) is 7.39. The number of ether oxygens (including phenoxy) is 1. The second kappa shape index (κ2) is 9.76. The number of alkyl carbamates (subject to hydrolysis) is 1. The first-order chi connectivity index (χ1) is 17.1. The molecule has 2 aliphatic rings. The van der Waals surface area contributed by atoms with E-state index in [-0.39, 0.29) is 17.8 Å². The lowest BCUT2D eigenvalue weighted by atomic mass is 9.78. The molecule has 11 heteroatoms. The van der Waals surface area contributed by atoms with Crippen LogP contribution in [0.25, 0.3) is 10.9 Å². The minimum Gasteiger partial charge on any atom is -0.444 e. The molecule has 2 aromatic rings. The number of nitrogens with one attached hydrogen (secondary N) is 2. The van der Waals surface area contributed by atoms with Gasteiger partial charge in [0.1, 0.15) is 17.5 Å². The van der Waals surface area contributed by atoms with Crippen molar-refractivity contribution in [2.24, 2.45) is 0 Å². The van der Waals surface area contributed by atoms with E-state index in [9.17, 15) is 14.9 Å². The molecular formula is C26H37BN4O6. The number of nitro groups is 1. The maximum atomic E-state index is 12.1. The summed E-state index contributed by atoms with van der Waals surface area (Å²) in [4.78, 5) is 28.0. The lowest BCUT2D eigenvalue weighted by Crippen LogP contribution is -2.42. The summed E-state index contributed by atoms with van der Waals surface area (Å²) in [7, 11) is -0.587. The van der Waals surface area contributed by atoms with Crippen LogP contribution in [0.1, 0.15) is 74.1 Å². The highest BCUT2D eigenvalue weighted by molar-refractivity contribution is 6.62. The van der Waals surface area contributed by atoms with E-state index in [0.29, 0.717) is 16.6 Å². The van der Waals surface area contributed by atoms with Crippen LogP contribution in [-0.4, -0.2) is 52.0 Å². The fraction of sp³-hybridized carbons (Fsp3) is 0.615. The predicted molar refractivity (Wildman–Crippen MR) is 143 cm³/mol.